The van der Waals surface area contributed by atoms with Gasteiger partial charge < -0.3 is 14.6 Å². The predicted octanol–water partition coefficient (Wildman–Crippen LogP) is 3.31. The molecule has 1 fully saturated rings. The average molecular weight is 316 g/mol. The number of likely N-dealkylation sites (tertiary alicyclic amines) is 1. The number of benzene rings is 2. The molecule has 120 valence electrons. The van der Waals surface area contributed by atoms with Crippen LogP contribution in [0.1, 0.15) is 12.5 Å². The smallest absolute Gasteiger partial charge is 0.123 e. The first-order chi connectivity index (χ1) is 11.0. The monoisotopic (exact) mass is 316 g/mol. The zero-order valence-corrected chi connectivity index (χ0v) is 12.8. The van der Waals surface area contributed by atoms with Crippen LogP contribution in [0.3, 0.4) is 0 Å². The average Bonchev–Trinajstić information content (AvgIpc) is 2.83. The van der Waals surface area contributed by atoms with E-state index >= 15 is 0 Å². The van der Waals surface area contributed by atoms with E-state index in [0.717, 1.165) is 17.6 Å². The molecule has 0 aliphatic carbocycles. The Kier molecular flexibility index (Phi) is 3.36. The normalized spacial score (nSPS) is 23.0. The van der Waals surface area contributed by atoms with Gasteiger partial charge in [-0.1, -0.05) is 0 Å². The lowest BCUT2D eigenvalue weighted by Gasteiger charge is -2.35. The Morgan fingerprint density at radius 1 is 1.00 bits per heavy atom. The Bertz CT molecular complexity index is 830. The molecule has 0 bridgehead atoms. The van der Waals surface area contributed by atoms with E-state index in [1.54, 1.807) is 12.1 Å². The van der Waals surface area contributed by atoms with Crippen molar-refractivity contribution in [3.63, 3.8) is 0 Å². The van der Waals surface area contributed by atoms with Gasteiger partial charge in [-0.25, -0.2) is 8.78 Å². The second-order valence-electron chi connectivity index (χ2n) is 6.38. The molecule has 0 amide bonds. The highest BCUT2D eigenvalue weighted by Crippen LogP contribution is 2.35. The molecular formula is C18H18F2N2O. The molecule has 0 spiro atoms. The lowest BCUT2D eigenvalue weighted by Crippen LogP contribution is -2.42. The lowest BCUT2D eigenvalue weighted by atomic mass is 10.0. The maximum absolute atomic E-state index is 13.7. The molecule has 3 aromatic rings. The van der Waals surface area contributed by atoms with Gasteiger partial charge in [0.2, 0.25) is 0 Å². The van der Waals surface area contributed by atoms with Gasteiger partial charge >= 0.3 is 0 Å². The molecule has 1 saturated heterocycles. The van der Waals surface area contributed by atoms with Crippen molar-refractivity contribution in [2.75, 3.05) is 20.1 Å². The van der Waals surface area contributed by atoms with Crippen molar-refractivity contribution < 1.29 is 13.9 Å². The van der Waals surface area contributed by atoms with Crippen LogP contribution in [0.25, 0.3) is 21.8 Å². The molecule has 1 aliphatic rings. The SMILES string of the molecule is CN1CC[C@@H](O)[C@H](n2c3ccc(F)cc3c3cc(F)ccc32)C1. The van der Waals surface area contributed by atoms with Gasteiger partial charge in [0.05, 0.1) is 12.1 Å². The minimum absolute atomic E-state index is 0.135. The van der Waals surface area contributed by atoms with E-state index in [1.807, 2.05) is 11.6 Å². The first kappa shape index (κ1) is 14.6. The van der Waals surface area contributed by atoms with Crippen molar-refractivity contribution in [2.45, 2.75) is 18.6 Å². The maximum atomic E-state index is 13.7. The van der Waals surface area contributed by atoms with Crippen molar-refractivity contribution in [2.24, 2.45) is 0 Å². The third kappa shape index (κ3) is 2.31. The molecule has 0 radical (unpaired) electrons. The number of hydrogen-bond donors (Lipinski definition) is 1. The van der Waals surface area contributed by atoms with Crippen LogP contribution in [0.5, 0.6) is 0 Å². The fraction of sp³-hybridized carbons (Fsp3) is 0.333. The van der Waals surface area contributed by atoms with Gasteiger partial charge in [0.1, 0.15) is 11.6 Å². The van der Waals surface area contributed by atoms with E-state index in [0.29, 0.717) is 23.7 Å². The zero-order valence-electron chi connectivity index (χ0n) is 12.8. The highest BCUT2D eigenvalue weighted by atomic mass is 19.1. The molecule has 0 saturated carbocycles. The van der Waals surface area contributed by atoms with Crippen LogP contribution in [-0.4, -0.2) is 40.8 Å². The van der Waals surface area contributed by atoms with Gasteiger partial charge in [-0.15, -0.1) is 0 Å². The van der Waals surface area contributed by atoms with Crippen LogP contribution in [0.2, 0.25) is 0 Å². The van der Waals surface area contributed by atoms with Crippen molar-refractivity contribution >= 4 is 21.8 Å². The van der Waals surface area contributed by atoms with Crippen LogP contribution in [-0.2, 0) is 0 Å². The second kappa shape index (κ2) is 5.28. The molecule has 1 N–H and O–H groups in total. The van der Waals surface area contributed by atoms with E-state index in [-0.39, 0.29) is 17.7 Å². The van der Waals surface area contributed by atoms with Crippen molar-refractivity contribution in [3.8, 4) is 0 Å². The van der Waals surface area contributed by atoms with Crippen LogP contribution in [0, 0.1) is 11.6 Å². The van der Waals surface area contributed by atoms with E-state index in [9.17, 15) is 13.9 Å². The van der Waals surface area contributed by atoms with Crippen molar-refractivity contribution in [1.82, 2.24) is 9.47 Å². The maximum Gasteiger partial charge on any atom is 0.123 e. The Labute approximate surface area is 132 Å². The number of piperidine rings is 1. The molecule has 3 nitrogen and oxygen atoms in total. The standard InChI is InChI=1S/C18H18F2N2O/c1-21-7-6-18(23)17(10-21)22-15-4-2-11(19)8-13(15)14-9-12(20)3-5-16(14)22/h2-5,8-9,17-18,23H,6-7,10H2,1H3/t17-,18-/m1/s1. The Morgan fingerprint density at radius 3 is 2.13 bits per heavy atom. The number of halogens is 2. The van der Waals surface area contributed by atoms with Gasteiger partial charge in [-0.05, 0) is 49.9 Å². The number of nitrogens with zero attached hydrogens (tertiary/aromatic N) is 2. The van der Waals surface area contributed by atoms with Gasteiger partial charge in [-0.3, -0.25) is 0 Å². The van der Waals surface area contributed by atoms with Crippen LogP contribution < -0.4 is 0 Å². The fourth-order valence-electron chi connectivity index (χ4n) is 3.69. The summed E-state index contributed by atoms with van der Waals surface area (Å²) in [6.07, 6.45) is 0.213. The van der Waals surface area contributed by atoms with Crippen LogP contribution in [0.15, 0.2) is 36.4 Å². The molecule has 2 heterocycles. The largest absolute Gasteiger partial charge is 0.391 e. The van der Waals surface area contributed by atoms with Gasteiger partial charge in [0.25, 0.3) is 0 Å². The quantitative estimate of drug-likeness (QED) is 0.746. The first-order valence-electron chi connectivity index (χ1n) is 7.80. The van der Waals surface area contributed by atoms with E-state index < -0.39 is 6.10 Å². The van der Waals surface area contributed by atoms with Crippen molar-refractivity contribution in [3.05, 3.63) is 48.0 Å². The molecule has 2 atom stereocenters. The minimum Gasteiger partial charge on any atom is -0.391 e. The number of aliphatic hydroxyl groups is 1. The van der Waals surface area contributed by atoms with Gasteiger partial charge in [-0.2, -0.15) is 0 Å². The third-order valence-corrected chi connectivity index (χ3v) is 4.81. The third-order valence-electron chi connectivity index (χ3n) is 4.81. The number of likely N-dealkylation sites (N-methyl/N-ethyl adjacent to an activating group) is 1. The predicted molar refractivity (Wildman–Crippen MR) is 86.5 cm³/mol. The first-order valence-corrected chi connectivity index (χ1v) is 7.80. The molecule has 1 aliphatic heterocycles. The Hall–Kier alpha value is -1.98. The second-order valence-corrected chi connectivity index (χ2v) is 6.38. The highest BCUT2D eigenvalue weighted by molar-refractivity contribution is 6.08. The Morgan fingerprint density at radius 2 is 1.57 bits per heavy atom. The number of rotatable bonds is 1. The van der Waals surface area contributed by atoms with Gasteiger partial charge in [0.15, 0.2) is 0 Å². The highest BCUT2D eigenvalue weighted by Gasteiger charge is 2.30. The molecule has 4 rings (SSSR count). The summed E-state index contributed by atoms with van der Waals surface area (Å²) in [5.41, 5.74) is 1.65. The molecule has 5 heteroatoms. The van der Waals surface area contributed by atoms with E-state index in [4.69, 9.17) is 0 Å². The Balaban J connectivity index is 2.03. The molecule has 0 unspecified atom stereocenters. The summed E-state index contributed by atoms with van der Waals surface area (Å²) in [5.74, 6) is -0.691. The number of hydrogen-bond acceptors (Lipinski definition) is 2. The zero-order chi connectivity index (χ0) is 16.1. The topological polar surface area (TPSA) is 28.4 Å². The summed E-state index contributed by atoms with van der Waals surface area (Å²) in [7, 11) is 2.02. The summed E-state index contributed by atoms with van der Waals surface area (Å²) >= 11 is 0. The number of aromatic nitrogens is 1. The van der Waals surface area contributed by atoms with Crippen molar-refractivity contribution in [1.29, 1.82) is 0 Å². The summed E-state index contributed by atoms with van der Waals surface area (Å²) in [6, 6.07) is 8.98. The molecule has 1 aromatic heterocycles. The molecule has 2 aromatic carbocycles. The van der Waals surface area contributed by atoms with Crippen LogP contribution >= 0.6 is 0 Å². The van der Waals surface area contributed by atoms with Gasteiger partial charge in [0, 0.05) is 34.9 Å². The summed E-state index contributed by atoms with van der Waals surface area (Å²) < 4.78 is 29.4. The summed E-state index contributed by atoms with van der Waals surface area (Å²) in [5, 5.41) is 11.9. The lowest BCUT2D eigenvalue weighted by molar-refractivity contribution is 0.0459. The molecular weight excluding hydrogens is 298 g/mol. The minimum atomic E-state index is -0.472. The van der Waals surface area contributed by atoms with E-state index in [1.165, 1.54) is 24.3 Å². The molecule has 23 heavy (non-hydrogen) atoms. The number of aliphatic hydroxyl groups excluding tert-OH is 1. The summed E-state index contributed by atoms with van der Waals surface area (Å²) in [6.45, 7) is 1.55. The summed E-state index contributed by atoms with van der Waals surface area (Å²) in [4.78, 5) is 2.17. The van der Waals surface area contributed by atoms with E-state index in [2.05, 4.69) is 4.90 Å². The van der Waals surface area contributed by atoms with Crippen LogP contribution in [0.4, 0.5) is 8.78 Å². The fourth-order valence-corrected chi connectivity index (χ4v) is 3.69. The number of fused-ring (bicyclic) bond motifs is 3.